The normalized spacial score (nSPS) is 11.8. The van der Waals surface area contributed by atoms with Gasteiger partial charge in [0, 0.05) is 5.69 Å². The average molecular weight is 311 g/mol. The molecular formula is C20H25NO2. The first kappa shape index (κ1) is 17.1. The van der Waals surface area contributed by atoms with Gasteiger partial charge in [0.05, 0.1) is 0 Å². The number of para-hydroxylation sites is 1. The molecule has 122 valence electrons. The molecule has 0 heterocycles. The van der Waals surface area contributed by atoms with Crippen LogP contribution in [0.25, 0.3) is 0 Å². The van der Waals surface area contributed by atoms with Crippen LogP contribution in [0.5, 0.6) is 5.75 Å². The molecule has 0 saturated heterocycles. The van der Waals surface area contributed by atoms with Gasteiger partial charge in [0.2, 0.25) is 0 Å². The smallest absolute Gasteiger partial charge is 0.265 e. The fraction of sp³-hybridized carbons (Fsp3) is 0.350. The summed E-state index contributed by atoms with van der Waals surface area (Å²) in [6.45, 7) is 8.09. The summed E-state index contributed by atoms with van der Waals surface area (Å²) in [6, 6.07) is 13.9. The van der Waals surface area contributed by atoms with E-state index in [4.69, 9.17) is 4.74 Å². The minimum atomic E-state index is -0.499. The molecule has 0 aliphatic heterocycles. The largest absolute Gasteiger partial charge is 0.481 e. The van der Waals surface area contributed by atoms with Crippen molar-refractivity contribution >= 4 is 11.6 Å². The first-order valence-electron chi connectivity index (χ1n) is 8.17. The van der Waals surface area contributed by atoms with Crippen LogP contribution in [-0.4, -0.2) is 12.0 Å². The Kier molecular flexibility index (Phi) is 5.80. The zero-order chi connectivity index (χ0) is 16.8. The van der Waals surface area contributed by atoms with Crippen LogP contribution in [0.2, 0.25) is 0 Å². The standard InChI is InChI=1S/C20H25NO2/c1-5-16-9-7-8-10-18(16)21-20(22)19(6-2)23-17-12-14(3)11-15(4)13-17/h7-13,19H,5-6H2,1-4H3,(H,21,22)/t19-/m1/s1. The fourth-order valence-electron chi connectivity index (χ4n) is 2.65. The SMILES string of the molecule is CCc1ccccc1NC(=O)[C@@H](CC)Oc1cc(C)cc(C)c1. The van der Waals surface area contributed by atoms with E-state index < -0.39 is 6.10 Å². The molecule has 0 fully saturated rings. The van der Waals surface area contributed by atoms with E-state index in [2.05, 4.69) is 18.3 Å². The highest BCUT2D eigenvalue weighted by Crippen LogP contribution is 2.20. The van der Waals surface area contributed by atoms with E-state index in [1.165, 1.54) is 0 Å². The van der Waals surface area contributed by atoms with Gasteiger partial charge in [-0.3, -0.25) is 4.79 Å². The Morgan fingerprint density at radius 2 is 1.74 bits per heavy atom. The molecule has 2 rings (SSSR count). The summed E-state index contributed by atoms with van der Waals surface area (Å²) in [5.41, 5.74) is 4.25. The molecule has 23 heavy (non-hydrogen) atoms. The molecule has 0 aliphatic rings. The van der Waals surface area contributed by atoms with E-state index in [1.54, 1.807) is 0 Å². The van der Waals surface area contributed by atoms with E-state index in [-0.39, 0.29) is 5.91 Å². The summed E-state index contributed by atoms with van der Waals surface area (Å²) in [5, 5.41) is 3.00. The Bertz CT molecular complexity index is 659. The number of benzene rings is 2. The predicted octanol–water partition coefficient (Wildman–Crippen LogP) is 4.66. The molecule has 3 nitrogen and oxygen atoms in total. The Morgan fingerprint density at radius 3 is 2.35 bits per heavy atom. The third-order valence-electron chi connectivity index (χ3n) is 3.79. The summed E-state index contributed by atoms with van der Waals surface area (Å²) in [7, 11) is 0. The maximum atomic E-state index is 12.5. The van der Waals surface area contributed by atoms with Crippen LogP contribution in [0.3, 0.4) is 0 Å². The van der Waals surface area contributed by atoms with Gasteiger partial charge in [0.15, 0.2) is 6.10 Å². The van der Waals surface area contributed by atoms with Gasteiger partial charge < -0.3 is 10.1 Å². The first-order valence-corrected chi connectivity index (χ1v) is 8.17. The van der Waals surface area contributed by atoms with E-state index in [0.717, 1.165) is 34.5 Å². The van der Waals surface area contributed by atoms with Crippen molar-refractivity contribution in [2.24, 2.45) is 0 Å². The quantitative estimate of drug-likeness (QED) is 0.842. The first-order chi connectivity index (χ1) is 11.0. The van der Waals surface area contributed by atoms with Crippen LogP contribution in [-0.2, 0) is 11.2 Å². The number of carbonyl (C=O) groups is 1. The number of hydrogen-bond acceptors (Lipinski definition) is 2. The van der Waals surface area contributed by atoms with Crippen LogP contribution < -0.4 is 10.1 Å². The molecule has 1 amide bonds. The van der Waals surface area contributed by atoms with Crippen LogP contribution in [0.1, 0.15) is 37.0 Å². The second-order valence-corrected chi connectivity index (χ2v) is 5.84. The van der Waals surface area contributed by atoms with E-state index in [0.29, 0.717) is 6.42 Å². The predicted molar refractivity (Wildman–Crippen MR) is 95.1 cm³/mol. The third kappa shape index (κ3) is 4.59. The Morgan fingerprint density at radius 1 is 1.09 bits per heavy atom. The Balaban J connectivity index is 2.12. The van der Waals surface area contributed by atoms with Crippen LogP contribution in [0.4, 0.5) is 5.69 Å². The van der Waals surface area contributed by atoms with Gasteiger partial charge >= 0.3 is 0 Å². The number of anilines is 1. The molecule has 0 spiro atoms. The molecule has 1 atom stereocenters. The monoisotopic (exact) mass is 311 g/mol. The van der Waals surface area contributed by atoms with Crippen molar-refractivity contribution in [1.82, 2.24) is 0 Å². The summed E-state index contributed by atoms with van der Waals surface area (Å²) in [4.78, 5) is 12.5. The minimum absolute atomic E-state index is 0.104. The van der Waals surface area contributed by atoms with Gasteiger partial charge in [-0.25, -0.2) is 0 Å². The zero-order valence-electron chi connectivity index (χ0n) is 14.3. The lowest BCUT2D eigenvalue weighted by Gasteiger charge is -2.19. The highest BCUT2D eigenvalue weighted by Gasteiger charge is 2.19. The second kappa shape index (κ2) is 7.82. The number of ether oxygens (including phenoxy) is 1. The molecule has 0 aliphatic carbocycles. The third-order valence-corrected chi connectivity index (χ3v) is 3.79. The fourth-order valence-corrected chi connectivity index (χ4v) is 2.65. The van der Waals surface area contributed by atoms with Crippen molar-refractivity contribution in [2.45, 2.75) is 46.6 Å². The molecule has 2 aromatic carbocycles. The van der Waals surface area contributed by atoms with Crippen molar-refractivity contribution < 1.29 is 9.53 Å². The molecule has 1 N–H and O–H groups in total. The highest BCUT2D eigenvalue weighted by molar-refractivity contribution is 5.95. The second-order valence-electron chi connectivity index (χ2n) is 5.84. The highest BCUT2D eigenvalue weighted by atomic mass is 16.5. The summed E-state index contributed by atoms with van der Waals surface area (Å²) in [5.74, 6) is 0.640. The van der Waals surface area contributed by atoms with Crippen molar-refractivity contribution in [2.75, 3.05) is 5.32 Å². The van der Waals surface area contributed by atoms with E-state index in [9.17, 15) is 4.79 Å². The lowest BCUT2D eigenvalue weighted by molar-refractivity contribution is -0.122. The molecule has 3 heteroatoms. The molecule has 0 radical (unpaired) electrons. The maximum Gasteiger partial charge on any atom is 0.265 e. The lowest BCUT2D eigenvalue weighted by Crippen LogP contribution is -2.32. The molecule has 2 aromatic rings. The van der Waals surface area contributed by atoms with Gasteiger partial charge in [-0.1, -0.05) is 38.1 Å². The number of carbonyl (C=O) groups excluding carboxylic acids is 1. The van der Waals surface area contributed by atoms with Crippen LogP contribution >= 0.6 is 0 Å². The number of amides is 1. The Hall–Kier alpha value is -2.29. The minimum Gasteiger partial charge on any atom is -0.481 e. The summed E-state index contributed by atoms with van der Waals surface area (Å²) >= 11 is 0. The van der Waals surface area contributed by atoms with Crippen molar-refractivity contribution in [3.63, 3.8) is 0 Å². The number of rotatable bonds is 6. The van der Waals surface area contributed by atoms with E-state index in [1.807, 2.05) is 57.2 Å². The van der Waals surface area contributed by atoms with Crippen molar-refractivity contribution in [3.8, 4) is 5.75 Å². The number of aryl methyl sites for hydroxylation is 3. The average Bonchev–Trinajstić information content (AvgIpc) is 2.52. The number of hydrogen-bond donors (Lipinski definition) is 1. The lowest BCUT2D eigenvalue weighted by atomic mass is 10.1. The topological polar surface area (TPSA) is 38.3 Å². The van der Waals surface area contributed by atoms with Crippen LogP contribution in [0.15, 0.2) is 42.5 Å². The van der Waals surface area contributed by atoms with Gasteiger partial charge in [-0.15, -0.1) is 0 Å². The summed E-state index contributed by atoms with van der Waals surface area (Å²) in [6.07, 6.45) is 0.999. The molecule has 0 aromatic heterocycles. The maximum absolute atomic E-state index is 12.5. The number of nitrogens with one attached hydrogen (secondary N) is 1. The molecular weight excluding hydrogens is 286 g/mol. The van der Waals surface area contributed by atoms with Gasteiger partial charge in [-0.2, -0.15) is 0 Å². The summed E-state index contributed by atoms with van der Waals surface area (Å²) < 4.78 is 5.92. The van der Waals surface area contributed by atoms with Crippen molar-refractivity contribution in [3.05, 3.63) is 59.2 Å². The molecule has 0 bridgehead atoms. The van der Waals surface area contributed by atoms with Gasteiger partial charge in [-0.05, 0) is 61.6 Å². The van der Waals surface area contributed by atoms with Gasteiger partial charge in [0.25, 0.3) is 5.91 Å². The molecule has 0 saturated carbocycles. The van der Waals surface area contributed by atoms with E-state index >= 15 is 0 Å². The van der Waals surface area contributed by atoms with Crippen molar-refractivity contribution in [1.29, 1.82) is 0 Å². The van der Waals surface area contributed by atoms with Gasteiger partial charge in [0.1, 0.15) is 5.75 Å². The Labute approximate surface area is 138 Å². The van der Waals surface area contributed by atoms with Crippen LogP contribution in [0, 0.1) is 13.8 Å². The molecule has 0 unspecified atom stereocenters. The zero-order valence-corrected chi connectivity index (χ0v) is 14.3.